The largest absolute Gasteiger partial charge is 0.303 e. The Kier molecular flexibility index (Phi) is 5.66. The van der Waals surface area contributed by atoms with Crippen molar-refractivity contribution in [2.45, 2.75) is 17.7 Å². The van der Waals surface area contributed by atoms with Crippen LogP contribution in [-0.2, 0) is 16.4 Å². The quantitative estimate of drug-likeness (QED) is 0.840. The van der Waals surface area contributed by atoms with Gasteiger partial charge in [-0.15, -0.1) is 0 Å². The average Bonchev–Trinajstić information content (AvgIpc) is 3.08. The minimum atomic E-state index is -3.39. The number of rotatable bonds is 7. The summed E-state index contributed by atoms with van der Waals surface area (Å²) in [7, 11) is -3.39. The molecule has 5 heteroatoms. The maximum Gasteiger partial charge on any atom is 0.240 e. The summed E-state index contributed by atoms with van der Waals surface area (Å²) < 4.78 is 27.3. The highest BCUT2D eigenvalue weighted by Crippen LogP contribution is 2.17. The van der Waals surface area contributed by atoms with Gasteiger partial charge < -0.3 is 4.90 Å². The molecule has 128 valence electrons. The van der Waals surface area contributed by atoms with Crippen molar-refractivity contribution in [2.24, 2.45) is 5.92 Å². The van der Waals surface area contributed by atoms with Gasteiger partial charge in [0, 0.05) is 19.6 Å². The molecule has 0 aromatic heterocycles. The molecule has 4 nitrogen and oxygen atoms in total. The minimum absolute atomic E-state index is 0.337. The third-order valence-electron chi connectivity index (χ3n) is 4.55. The summed E-state index contributed by atoms with van der Waals surface area (Å²) in [5, 5.41) is 0. The van der Waals surface area contributed by atoms with Gasteiger partial charge in [-0.05, 0) is 43.0 Å². The molecule has 1 N–H and O–H groups in total. The molecule has 0 spiro atoms. The highest BCUT2D eigenvalue weighted by Gasteiger charge is 2.24. The minimum Gasteiger partial charge on any atom is -0.303 e. The SMILES string of the molecule is O=S(=O)(NC[C@H]1CCN(CCc2ccccc2)C1)c1ccccc1. The van der Waals surface area contributed by atoms with Crippen molar-refractivity contribution in [1.29, 1.82) is 0 Å². The fourth-order valence-electron chi connectivity index (χ4n) is 3.13. The fraction of sp³-hybridized carbons (Fsp3) is 0.368. The normalized spacial score (nSPS) is 18.8. The van der Waals surface area contributed by atoms with Gasteiger partial charge in [-0.3, -0.25) is 0 Å². The Morgan fingerprint density at radius 3 is 2.38 bits per heavy atom. The van der Waals surface area contributed by atoms with E-state index in [0.29, 0.717) is 17.4 Å². The Labute approximate surface area is 144 Å². The van der Waals surface area contributed by atoms with Crippen molar-refractivity contribution in [3.8, 4) is 0 Å². The monoisotopic (exact) mass is 344 g/mol. The van der Waals surface area contributed by atoms with Crippen molar-refractivity contribution in [2.75, 3.05) is 26.2 Å². The zero-order valence-electron chi connectivity index (χ0n) is 13.8. The number of likely N-dealkylation sites (tertiary alicyclic amines) is 1. The third-order valence-corrected chi connectivity index (χ3v) is 5.98. The molecule has 1 aliphatic heterocycles. The van der Waals surface area contributed by atoms with E-state index in [-0.39, 0.29) is 0 Å². The third kappa shape index (κ3) is 4.66. The molecular weight excluding hydrogens is 320 g/mol. The van der Waals surface area contributed by atoms with E-state index in [0.717, 1.165) is 32.5 Å². The molecule has 1 atom stereocenters. The summed E-state index contributed by atoms with van der Waals surface area (Å²) in [4.78, 5) is 2.76. The van der Waals surface area contributed by atoms with Gasteiger partial charge >= 0.3 is 0 Å². The lowest BCUT2D eigenvalue weighted by molar-refractivity contribution is 0.328. The molecule has 0 aliphatic carbocycles. The lowest BCUT2D eigenvalue weighted by atomic mass is 10.1. The van der Waals surface area contributed by atoms with Crippen LogP contribution >= 0.6 is 0 Å². The van der Waals surface area contributed by atoms with Gasteiger partial charge in [0.15, 0.2) is 0 Å². The van der Waals surface area contributed by atoms with Crippen molar-refractivity contribution in [3.63, 3.8) is 0 Å². The first-order valence-electron chi connectivity index (χ1n) is 8.44. The van der Waals surface area contributed by atoms with Crippen LogP contribution in [0.4, 0.5) is 0 Å². The number of sulfonamides is 1. The van der Waals surface area contributed by atoms with E-state index in [1.165, 1.54) is 5.56 Å². The number of nitrogens with one attached hydrogen (secondary N) is 1. The molecular formula is C19H24N2O2S. The van der Waals surface area contributed by atoms with Crippen molar-refractivity contribution in [3.05, 3.63) is 66.2 Å². The van der Waals surface area contributed by atoms with Crippen LogP contribution in [0.3, 0.4) is 0 Å². The van der Waals surface area contributed by atoms with E-state index in [1.807, 2.05) is 12.1 Å². The molecule has 2 aromatic rings. The van der Waals surface area contributed by atoms with E-state index in [1.54, 1.807) is 24.3 Å². The fourth-order valence-corrected chi connectivity index (χ4v) is 4.26. The van der Waals surface area contributed by atoms with Gasteiger partial charge in [0.1, 0.15) is 0 Å². The summed E-state index contributed by atoms with van der Waals surface area (Å²) in [5.74, 6) is 0.388. The summed E-state index contributed by atoms with van der Waals surface area (Å²) in [6.07, 6.45) is 2.09. The molecule has 1 fully saturated rings. The predicted octanol–water partition coefficient (Wildman–Crippen LogP) is 2.53. The standard InChI is InChI=1S/C19H24N2O2S/c22-24(23,19-9-5-2-6-10-19)20-15-18-12-14-21(16-18)13-11-17-7-3-1-4-8-17/h1-10,18,20H,11-16H2/t18-/m1/s1. The number of benzene rings is 2. The van der Waals surface area contributed by atoms with Gasteiger partial charge in [-0.1, -0.05) is 48.5 Å². The molecule has 0 radical (unpaired) electrons. The van der Waals surface area contributed by atoms with Crippen LogP contribution in [0.1, 0.15) is 12.0 Å². The van der Waals surface area contributed by atoms with Gasteiger partial charge in [-0.25, -0.2) is 13.1 Å². The molecule has 2 aromatic carbocycles. The second-order valence-corrected chi connectivity index (χ2v) is 8.12. The maximum atomic E-state index is 12.3. The Balaban J connectivity index is 1.45. The Hall–Kier alpha value is -1.69. The van der Waals surface area contributed by atoms with Crippen LogP contribution in [0.15, 0.2) is 65.6 Å². The highest BCUT2D eigenvalue weighted by molar-refractivity contribution is 7.89. The molecule has 24 heavy (non-hydrogen) atoms. The molecule has 0 bridgehead atoms. The van der Waals surface area contributed by atoms with E-state index >= 15 is 0 Å². The first kappa shape index (κ1) is 17.1. The van der Waals surface area contributed by atoms with E-state index < -0.39 is 10.0 Å². The van der Waals surface area contributed by atoms with E-state index in [4.69, 9.17) is 0 Å². The summed E-state index contributed by atoms with van der Waals surface area (Å²) in [5.41, 5.74) is 1.35. The Morgan fingerprint density at radius 2 is 1.67 bits per heavy atom. The van der Waals surface area contributed by atoms with Gasteiger partial charge in [0.25, 0.3) is 0 Å². The van der Waals surface area contributed by atoms with Crippen LogP contribution in [0.25, 0.3) is 0 Å². The molecule has 3 rings (SSSR count). The molecule has 0 amide bonds. The van der Waals surface area contributed by atoms with Crippen LogP contribution in [0.5, 0.6) is 0 Å². The molecule has 1 saturated heterocycles. The van der Waals surface area contributed by atoms with Crippen LogP contribution in [0.2, 0.25) is 0 Å². The van der Waals surface area contributed by atoms with Gasteiger partial charge in [0.2, 0.25) is 10.0 Å². The van der Waals surface area contributed by atoms with Crippen molar-refractivity contribution in [1.82, 2.24) is 9.62 Å². The van der Waals surface area contributed by atoms with Crippen molar-refractivity contribution < 1.29 is 8.42 Å². The highest BCUT2D eigenvalue weighted by atomic mass is 32.2. The van der Waals surface area contributed by atoms with E-state index in [2.05, 4.69) is 33.9 Å². The number of hydrogen-bond donors (Lipinski definition) is 1. The van der Waals surface area contributed by atoms with Gasteiger partial charge in [-0.2, -0.15) is 0 Å². The smallest absolute Gasteiger partial charge is 0.240 e. The Morgan fingerprint density at radius 1 is 1.00 bits per heavy atom. The topological polar surface area (TPSA) is 49.4 Å². The summed E-state index contributed by atoms with van der Waals surface area (Å²) in [6.45, 7) is 3.56. The molecule has 1 aliphatic rings. The maximum absolute atomic E-state index is 12.3. The predicted molar refractivity (Wildman–Crippen MR) is 96.3 cm³/mol. The Bertz CT molecular complexity index is 732. The summed E-state index contributed by atoms with van der Waals surface area (Å²) in [6, 6.07) is 19.1. The van der Waals surface area contributed by atoms with Crippen LogP contribution in [-0.4, -0.2) is 39.5 Å². The lowest BCUT2D eigenvalue weighted by Crippen LogP contribution is -2.31. The molecule has 0 unspecified atom stereocenters. The first-order chi connectivity index (χ1) is 11.6. The summed E-state index contributed by atoms with van der Waals surface area (Å²) >= 11 is 0. The van der Waals surface area contributed by atoms with Crippen molar-refractivity contribution >= 4 is 10.0 Å². The first-order valence-corrected chi connectivity index (χ1v) is 9.93. The second kappa shape index (κ2) is 7.92. The second-order valence-electron chi connectivity index (χ2n) is 6.36. The molecule has 0 saturated carbocycles. The average molecular weight is 344 g/mol. The van der Waals surface area contributed by atoms with Crippen LogP contribution in [0, 0.1) is 5.92 Å². The zero-order valence-corrected chi connectivity index (χ0v) is 14.6. The lowest BCUT2D eigenvalue weighted by Gasteiger charge is -2.16. The van der Waals surface area contributed by atoms with E-state index in [9.17, 15) is 8.42 Å². The zero-order chi connectivity index (χ0) is 16.8. The molecule has 1 heterocycles. The van der Waals surface area contributed by atoms with Crippen LogP contribution < -0.4 is 4.72 Å². The van der Waals surface area contributed by atoms with Gasteiger partial charge in [0.05, 0.1) is 4.90 Å². The number of hydrogen-bond acceptors (Lipinski definition) is 3. The number of nitrogens with zero attached hydrogens (tertiary/aromatic N) is 1.